The molecule has 2 heteroatoms. The lowest BCUT2D eigenvalue weighted by molar-refractivity contribution is 0.447. The van der Waals surface area contributed by atoms with Crippen molar-refractivity contribution in [1.29, 1.82) is 0 Å². The van der Waals surface area contributed by atoms with E-state index in [-0.39, 0.29) is 5.82 Å². The minimum atomic E-state index is -0.0366. The molecular formula is C13H18FN. The molecular weight excluding hydrogens is 189 g/mol. The molecule has 0 spiro atoms. The molecule has 1 aromatic rings. The average molecular weight is 207 g/mol. The monoisotopic (exact) mass is 207 g/mol. The molecule has 0 saturated heterocycles. The van der Waals surface area contributed by atoms with Crippen molar-refractivity contribution in [3.63, 3.8) is 0 Å². The Labute approximate surface area is 90.7 Å². The summed E-state index contributed by atoms with van der Waals surface area (Å²) in [5, 5.41) is 3.21. The fourth-order valence-electron chi connectivity index (χ4n) is 2.73. The first-order chi connectivity index (χ1) is 7.33. The van der Waals surface area contributed by atoms with E-state index in [9.17, 15) is 4.39 Å². The Morgan fingerprint density at radius 1 is 1.33 bits per heavy atom. The average Bonchev–Trinajstić information content (AvgIpc) is 2.67. The Morgan fingerprint density at radius 2 is 2.13 bits per heavy atom. The van der Waals surface area contributed by atoms with Crippen molar-refractivity contribution >= 4 is 0 Å². The lowest BCUT2D eigenvalue weighted by Crippen LogP contribution is -2.21. The predicted molar refractivity (Wildman–Crippen MR) is 60.4 cm³/mol. The van der Waals surface area contributed by atoms with Crippen molar-refractivity contribution < 1.29 is 4.39 Å². The first kappa shape index (κ1) is 10.6. The van der Waals surface area contributed by atoms with Gasteiger partial charge >= 0.3 is 0 Å². The molecule has 1 nitrogen and oxygen atoms in total. The van der Waals surface area contributed by atoms with Gasteiger partial charge in [0.2, 0.25) is 0 Å². The molecule has 0 amide bonds. The first-order valence-corrected chi connectivity index (χ1v) is 5.72. The smallest absolute Gasteiger partial charge is 0.126 e. The van der Waals surface area contributed by atoms with Crippen LogP contribution in [-0.4, -0.2) is 13.6 Å². The van der Waals surface area contributed by atoms with Gasteiger partial charge in [-0.05, 0) is 49.9 Å². The highest BCUT2D eigenvalue weighted by atomic mass is 19.1. The van der Waals surface area contributed by atoms with Crippen LogP contribution in [0.4, 0.5) is 4.39 Å². The highest BCUT2D eigenvalue weighted by Gasteiger charge is 2.29. The minimum Gasteiger partial charge on any atom is -0.319 e. The van der Waals surface area contributed by atoms with Gasteiger partial charge in [-0.25, -0.2) is 4.39 Å². The second kappa shape index (κ2) is 4.75. The van der Waals surface area contributed by atoms with Gasteiger partial charge in [0.05, 0.1) is 0 Å². The van der Waals surface area contributed by atoms with E-state index >= 15 is 0 Å². The topological polar surface area (TPSA) is 12.0 Å². The van der Waals surface area contributed by atoms with Crippen LogP contribution in [0, 0.1) is 11.7 Å². The van der Waals surface area contributed by atoms with E-state index < -0.39 is 0 Å². The van der Waals surface area contributed by atoms with Crippen molar-refractivity contribution in [1.82, 2.24) is 5.32 Å². The van der Waals surface area contributed by atoms with Crippen LogP contribution >= 0.6 is 0 Å². The quantitative estimate of drug-likeness (QED) is 0.803. The maximum absolute atomic E-state index is 13.6. The molecule has 1 fully saturated rings. The molecule has 1 aliphatic carbocycles. The largest absolute Gasteiger partial charge is 0.319 e. The van der Waals surface area contributed by atoms with E-state index in [0.717, 1.165) is 18.5 Å². The SMILES string of the molecule is CNCC1CCCC1c1ccccc1F. The normalized spacial score (nSPS) is 25.7. The van der Waals surface area contributed by atoms with Crippen molar-refractivity contribution in [3.05, 3.63) is 35.6 Å². The fraction of sp³-hybridized carbons (Fsp3) is 0.538. The molecule has 0 bridgehead atoms. The molecule has 1 saturated carbocycles. The van der Waals surface area contributed by atoms with Crippen molar-refractivity contribution in [2.75, 3.05) is 13.6 Å². The van der Waals surface area contributed by atoms with E-state index in [0.29, 0.717) is 11.8 Å². The van der Waals surface area contributed by atoms with Crippen LogP contribution < -0.4 is 5.32 Å². The molecule has 1 aromatic carbocycles. The third-order valence-electron chi connectivity index (χ3n) is 3.43. The summed E-state index contributed by atoms with van der Waals surface area (Å²) < 4.78 is 13.6. The van der Waals surface area contributed by atoms with E-state index in [1.54, 1.807) is 12.1 Å². The molecule has 1 aliphatic rings. The van der Waals surface area contributed by atoms with Gasteiger partial charge < -0.3 is 5.32 Å². The van der Waals surface area contributed by atoms with Crippen molar-refractivity contribution in [2.24, 2.45) is 5.92 Å². The van der Waals surface area contributed by atoms with Gasteiger partial charge in [-0.1, -0.05) is 24.6 Å². The summed E-state index contributed by atoms with van der Waals surface area (Å²) in [7, 11) is 1.97. The van der Waals surface area contributed by atoms with E-state index in [4.69, 9.17) is 0 Å². The maximum Gasteiger partial charge on any atom is 0.126 e. The third kappa shape index (κ3) is 2.20. The number of rotatable bonds is 3. The third-order valence-corrected chi connectivity index (χ3v) is 3.43. The van der Waals surface area contributed by atoms with Gasteiger partial charge in [0, 0.05) is 0 Å². The van der Waals surface area contributed by atoms with E-state index in [1.165, 1.54) is 12.8 Å². The Balaban J connectivity index is 2.19. The number of benzene rings is 1. The van der Waals surface area contributed by atoms with Gasteiger partial charge in [0.1, 0.15) is 5.82 Å². The summed E-state index contributed by atoms with van der Waals surface area (Å²) >= 11 is 0. The molecule has 15 heavy (non-hydrogen) atoms. The van der Waals surface area contributed by atoms with E-state index in [1.807, 2.05) is 19.2 Å². The predicted octanol–water partition coefficient (Wildman–Crippen LogP) is 2.93. The van der Waals surface area contributed by atoms with Crippen LogP contribution in [0.1, 0.15) is 30.7 Å². The van der Waals surface area contributed by atoms with Crippen LogP contribution in [-0.2, 0) is 0 Å². The zero-order valence-corrected chi connectivity index (χ0v) is 9.17. The summed E-state index contributed by atoms with van der Waals surface area (Å²) in [4.78, 5) is 0. The standard InChI is InChI=1S/C13H18FN/c1-15-9-10-5-4-7-11(10)12-6-2-3-8-13(12)14/h2-3,6,8,10-11,15H,4-5,7,9H2,1H3. The Bertz CT molecular complexity index is 324. The molecule has 0 radical (unpaired) electrons. The molecule has 2 atom stereocenters. The number of hydrogen-bond acceptors (Lipinski definition) is 1. The molecule has 1 N–H and O–H groups in total. The van der Waals surface area contributed by atoms with Gasteiger partial charge in [-0.3, -0.25) is 0 Å². The van der Waals surface area contributed by atoms with Gasteiger partial charge in [0.15, 0.2) is 0 Å². The second-order valence-corrected chi connectivity index (χ2v) is 4.38. The summed E-state index contributed by atoms with van der Waals surface area (Å²) in [6.07, 6.45) is 3.58. The summed E-state index contributed by atoms with van der Waals surface area (Å²) in [6, 6.07) is 7.21. The van der Waals surface area contributed by atoms with Crippen molar-refractivity contribution in [2.45, 2.75) is 25.2 Å². The van der Waals surface area contributed by atoms with Crippen LogP contribution in [0.15, 0.2) is 24.3 Å². The molecule has 0 aliphatic heterocycles. The number of hydrogen-bond donors (Lipinski definition) is 1. The zero-order valence-electron chi connectivity index (χ0n) is 9.17. The Morgan fingerprint density at radius 3 is 2.87 bits per heavy atom. The second-order valence-electron chi connectivity index (χ2n) is 4.38. The molecule has 0 aromatic heterocycles. The first-order valence-electron chi connectivity index (χ1n) is 5.72. The van der Waals surface area contributed by atoms with E-state index in [2.05, 4.69) is 5.32 Å². The van der Waals surface area contributed by atoms with Crippen LogP contribution in [0.5, 0.6) is 0 Å². The van der Waals surface area contributed by atoms with Crippen LogP contribution in [0.3, 0.4) is 0 Å². The summed E-state index contributed by atoms with van der Waals surface area (Å²) in [5.41, 5.74) is 0.912. The lowest BCUT2D eigenvalue weighted by atomic mass is 9.88. The summed E-state index contributed by atoms with van der Waals surface area (Å²) in [6.45, 7) is 0.999. The Kier molecular flexibility index (Phi) is 3.37. The zero-order chi connectivity index (χ0) is 10.7. The van der Waals surface area contributed by atoms with Crippen molar-refractivity contribution in [3.8, 4) is 0 Å². The molecule has 82 valence electrons. The van der Waals surface area contributed by atoms with Crippen LogP contribution in [0.25, 0.3) is 0 Å². The molecule has 2 unspecified atom stereocenters. The minimum absolute atomic E-state index is 0.0366. The van der Waals surface area contributed by atoms with Crippen LogP contribution in [0.2, 0.25) is 0 Å². The lowest BCUT2D eigenvalue weighted by Gasteiger charge is -2.20. The summed E-state index contributed by atoms with van der Waals surface area (Å²) in [5.74, 6) is 0.982. The number of nitrogens with one attached hydrogen (secondary N) is 1. The maximum atomic E-state index is 13.6. The highest BCUT2D eigenvalue weighted by molar-refractivity contribution is 5.23. The Hall–Kier alpha value is -0.890. The van der Waals surface area contributed by atoms with Gasteiger partial charge in [-0.15, -0.1) is 0 Å². The molecule has 2 rings (SSSR count). The number of halogens is 1. The fourth-order valence-corrected chi connectivity index (χ4v) is 2.73. The van der Waals surface area contributed by atoms with Gasteiger partial charge in [-0.2, -0.15) is 0 Å². The van der Waals surface area contributed by atoms with Gasteiger partial charge in [0.25, 0.3) is 0 Å². The molecule has 0 heterocycles. The highest BCUT2D eigenvalue weighted by Crippen LogP contribution is 2.39.